The standard InChI is InChI=1S/C19H26N4O3S.ClH/c1-13(2)11-15(20-16(24)12-14-7-5-4-6-8-14)17(25)18(26)21-22-19-23(3)9-10-27-19;/h4-8,13,15H,9-12H2,1-3H3,(H,20,24)(H,21,26);1H/t15-;/m0./s1. The average Bonchev–Trinajstić information content (AvgIpc) is 3.03. The predicted molar refractivity (Wildman–Crippen MR) is 114 cm³/mol. The smallest absolute Gasteiger partial charge is 0.309 e. The van der Waals surface area contributed by atoms with E-state index in [9.17, 15) is 14.4 Å². The zero-order valence-corrected chi connectivity index (χ0v) is 17.9. The lowest BCUT2D eigenvalue weighted by atomic mass is 9.99. The first-order valence-corrected chi connectivity index (χ1v) is 9.94. The molecule has 0 spiro atoms. The van der Waals surface area contributed by atoms with E-state index >= 15 is 0 Å². The van der Waals surface area contributed by atoms with Gasteiger partial charge in [-0.05, 0) is 17.9 Å². The van der Waals surface area contributed by atoms with Crippen molar-refractivity contribution in [2.24, 2.45) is 11.0 Å². The number of nitrogens with one attached hydrogen (secondary N) is 2. The van der Waals surface area contributed by atoms with Crippen LogP contribution in [0.3, 0.4) is 0 Å². The van der Waals surface area contributed by atoms with Crippen LogP contribution in [0, 0.1) is 5.92 Å². The van der Waals surface area contributed by atoms with Crippen LogP contribution in [0.15, 0.2) is 35.4 Å². The first-order valence-electron chi connectivity index (χ1n) is 8.96. The maximum absolute atomic E-state index is 12.5. The Bertz CT molecular complexity index is 712. The van der Waals surface area contributed by atoms with Gasteiger partial charge >= 0.3 is 5.91 Å². The topological polar surface area (TPSA) is 90.9 Å². The second-order valence-electron chi connectivity index (χ2n) is 6.88. The van der Waals surface area contributed by atoms with Gasteiger partial charge in [-0.3, -0.25) is 14.4 Å². The van der Waals surface area contributed by atoms with Gasteiger partial charge in [0.2, 0.25) is 11.7 Å². The van der Waals surface area contributed by atoms with E-state index in [2.05, 4.69) is 15.8 Å². The molecule has 0 bridgehead atoms. The van der Waals surface area contributed by atoms with Crippen LogP contribution in [0.5, 0.6) is 0 Å². The number of ketones is 1. The molecule has 2 rings (SSSR count). The molecule has 154 valence electrons. The summed E-state index contributed by atoms with van der Waals surface area (Å²) in [6.07, 6.45) is 0.548. The van der Waals surface area contributed by atoms with Crippen LogP contribution in [-0.2, 0) is 20.8 Å². The van der Waals surface area contributed by atoms with Crippen LogP contribution in [0.2, 0.25) is 0 Å². The van der Waals surface area contributed by atoms with Gasteiger partial charge in [-0.2, -0.15) is 0 Å². The minimum atomic E-state index is -0.865. The Balaban J connectivity index is 0.00000392. The molecule has 0 aliphatic carbocycles. The Kier molecular flexibility index (Phi) is 10.0. The van der Waals surface area contributed by atoms with E-state index in [0.29, 0.717) is 11.6 Å². The quantitative estimate of drug-likeness (QED) is 0.488. The van der Waals surface area contributed by atoms with E-state index in [1.807, 2.05) is 56.1 Å². The zero-order valence-electron chi connectivity index (χ0n) is 16.3. The van der Waals surface area contributed by atoms with Gasteiger partial charge in [0, 0.05) is 19.3 Å². The number of carbonyl (C=O) groups is 3. The largest absolute Gasteiger partial charge is 0.352 e. The Morgan fingerprint density at radius 1 is 1.21 bits per heavy atom. The summed E-state index contributed by atoms with van der Waals surface area (Å²) >= 11 is 1.52. The molecule has 1 saturated heterocycles. The molecule has 1 atom stereocenters. The van der Waals surface area contributed by atoms with Crippen molar-refractivity contribution >= 4 is 46.9 Å². The van der Waals surface area contributed by atoms with Crippen LogP contribution >= 0.6 is 24.2 Å². The monoisotopic (exact) mass is 426 g/mol. The number of hydrogen-bond acceptors (Lipinski definition) is 5. The molecule has 1 fully saturated rings. The third-order valence-electron chi connectivity index (χ3n) is 4.03. The number of hydrazone groups is 1. The van der Waals surface area contributed by atoms with Crippen LogP contribution in [-0.4, -0.2) is 53.1 Å². The van der Waals surface area contributed by atoms with Crippen molar-refractivity contribution < 1.29 is 14.4 Å². The summed E-state index contributed by atoms with van der Waals surface area (Å²) in [4.78, 5) is 39.0. The fourth-order valence-corrected chi connectivity index (χ4v) is 3.61. The Morgan fingerprint density at radius 3 is 2.46 bits per heavy atom. The summed E-state index contributed by atoms with van der Waals surface area (Å²) in [6.45, 7) is 4.72. The van der Waals surface area contributed by atoms with Crippen LogP contribution < -0.4 is 10.7 Å². The Hall–Kier alpha value is -2.06. The van der Waals surface area contributed by atoms with E-state index in [1.165, 1.54) is 11.8 Å². The molecule has 7 nitrogen and oxygen atoms in total. The molecule has 0 unspecified atom stereocenters. The Labute approximate surface area is 176 Å². The highest BCUT2D eigenvalue weighted by atomic mass is 35.5. The Morgan fingerprint density at radius 2 is 1.89 bits per heavy atom. The highest BCUT2D eigenvalue weighted by Crippen LogP contribution is 2.15. The summed E-state index contributed by atoms with van der Waals surface area (Å²) in [5, 5.41) is 7.38. The lowest BCUT2D eigenvalue weighted by Crippen LogP contribution is -2.48. The van der Waals surface area contributed by atoms with Crippen molar-refractivity contribution in [3.8, 4) is 0 Å². The number of carbonyl (C=O) groups excluding carboxylic acids is 3. The number of rotatable bonds is 8. The second kappa shape index (κ2) is 11.7. The van der Waals surface area contributed by atoms with Crippen molar-refractivity contribution in [2.45, 2.75) is 32.7 Å². The molecule has 0 aromatic heterocycles. The van der Waals surface area contributed by atoms with Crippen molar-refractivity contribution in [3.63, 3.8) is 0 Å². The molecule has 1 aliphatic rings. The summed E-state index contributed by atoms with van der Waals surface area (Å²) in [5.74, 6) is -0.740. The molecular formula is C19H27ClN4O3S. The second-order valence-corrected chi connectivity index (χ2v) is 7.94. The first-order chi connectivity index (χ1) is 12.9. The minimum Gasteiger partial charge on any atom is -0.352 e. The van der Waals surface area contributed by atoms with E-state index < -0.39 is 17.7 Å². The number of benzene rings is 1. The molecule has 0 saturated carbocycles. The van der Waals surface area contributed by atoms with E-state index in [4.69, 9.17) is 0 Å². The van der Waals surface area contributed by atoms with E-state index in [-0.39, 0.29) is 30.7 Å². The van der Waals surface area contributed by atoms with Gasteiger partial charge < -0.3 is 10.2 Å². The fourth-order valence-electron chi connectivity index (χ4n) is 2.64. The predicted octanol–water partition coefficient (Wildman–Crippen LogP) is 1.82. The fraction of sp³-hybridized carbons (Fsp3) is 0.474. The van der Waals surface area contributed by atoms with Gasteiger partial charge in [0.05, 0.1) is 12.5 Å². The minimum absolute atomic E-state index is 0. The van der Waals surface area contributed by atoms with Gasteiger partial charge in [-0.15, -0.1) is 17.5 Å². The van der Waals surface area contributed by atoms with Crippen LogP contribution in [0.25, 0.3) is 0 Å². The SMILES string of the molecule is CC(C)C[C@H](NC(=O)Cc1ccccc1)C(=O)C(=O)NN=C1SCCN1C.Cl. The van der Waals surface area contributed by atoms with Gasteiger partial charge in [0.25, 0.3) is 0 Å². The molecule has 0 radical (unpaired) electrons. The number of amides is 2. The normalized spacial score (nSPS) is 15.9. The van der Waals surface area contributed by atoms with E-state index in [0.717, 1.165) is 17.9 Å². The number of nitrogens with zero attached hydrogens (tertiary/aromatic N) is 2. The highest BCUT2D eigenvalue weighted by molar-refractivity contribution is 8.14. The van der Waals surface area contributed by atoms with Crippen molar-refractivity contribution in [1.29, 1.82) is 0 Å². The van der Waals surface area contributed by atoms with Gasteiger partial charge in [0.15, 0.2) is 5.17 Å². The lowest BCUT2D eigenvalue weighted by molar-refractivity contribution is -0.140. The third kappa shape index (κ3) is 7.52. The van der Waals surface area contributed by atoms with E-state index in [1.54, 1.807) is 0 Å². The van der Waals surface area contributed by atoms with Crippen molar-refractivity contribution in [1.82, 2.24) is 15.6 Å². The molecule has 2 amide bonds. The van der Waals surface area contributed by atoms with Crippen LogP contribution in [0.1, 0.15) is 25.8 Å². The molecule has 28 heavy (non-hydrogen) atoms. The number of amidine groups is 1. The number of halogens is 1. The molecule has 1 aromatic rings. The molecule has 9 heteroatoms. The maximum Gasteiger partial charge on any atom is 0.309 e. The molecule has 1 heterocycles. The van der Waals surface area contributed by atoms with Gasteiger partial charge in [0.1, 0.15) is 0 Å². The molecular weight excluding hydrogens is 400 g/mol. The molecule has 2 N–H and O–H groups in total. The summed E-state index contributed by atoms with van der Waals surface area (Å²) < 4.78 is 0. The van der Waals surface area contributed by atoms with Gasteiger partial charge in [-0.25, -0.2) is 5.43 Å². The summed E-state index contributed by atoms with van der Waals surface area (Å²) in [7, 11) is 1.87. The zero-order chi connectivity index (χ0) is 19.8. The number of hydrogen-bond donors (Lipinski definition) is 2. The van der Waals surface area contributed by atoms with Crippen molar-refractivity contribution in [2.75, 3.05) is 19.3 Å². The van der Waals surface area contributed by atoms with Crippen LogP contribution in [0.4, 0.5) is 0 Å². The maximum atomic E-state index is 12.5. The lowest BCUT2D eigenvalue weighted by Gasteiger charge is -2.19. The van der Waals surface area contributed by atoms with Gasteiger partial charge in [-0.1, -0.05) is 55.9 Å². The number of thioether (sulfide) groups is 1. The average molecular weight is 427 g/mol. The first kappa shape index (κ1) is 24.0. The highest BCUT2D eigenvalue weighted by Gasteiger charge is 2.28. The molecule has 1 aliphatic heterocycles. The summed E-state index contributed by atoms with van der Waals surface area (Å²) in [5.41, 5.74) is 3.17. The van der Waals surface area contributed by atoms with Crippen molar-refractivity contribution in [3.05, 3.63) is 35.9 Å². The number of Topliss-reactive ketones (excluding diaryl/α,β-unsaturated/α-hetero) is 1. The third-order valence-corrected chi connectivity index (χ3v) is 5.08. The summed E-state index contributed by atoms with van der Waals surface area (Å²) in [6, 6.07) is 8.40. The molecule has 1 aromatic carbocycles.